The van der Waals surface area contributed by atoms with Crippen LogP contribution in [-0.4, -0.2) is 21.8 Å². The van der Waals surface area contributed by atoms with E-state index in [0.717, 1.165) is 16.7 Å². The normalized spacial score (nSPS) is 17.6. The third-order valence-corrected chi connectivity index (χ3v) is 7.06. The van der Waals surface area contributed by atoms with Crippen LogP contribution in [0.1, 0.15) is 29.7 Å². The number of nitrogens with zero attached hydrogens (tertiary/aromatic N) is 2. The molecule has 1 aliphatic heterocycles. The molecule has 1 aromatic heterocycles. The van der Waals surface area contributed by atoms with Gasteiger partial charge in [0.2, 0.25) is 0 Å². The van der Waals surface area contributed by atoms with E-state index in [2.05, 4.69) is 4.98 Å². The van der Waals surface area contributed by atoms with Crippen molar-refractivity contribution >= 4 is 55.7 Å². The number of rotatable bonds is 4. The standard InChI is InChI=1S/C26H18ClFN2O3S/c1-2-14-3-5-15(6-4-14)22-21(23(31)16-7-10-18(28)11-8-16)24(32)25(33)30(22)26-29-19-12-9-17(27)13-20(19)34-26/h3-13,22,31H,2H2,1H3. The fourth-order valence-electron chi connectivity index (χ4n) is 4.03. The van der Waals surface area contributed by atoms with Crippen molar-refractivity contribution in [3.8, 4) is 0 Å². The molecule has 8 heteroatoms. The minimum absolute atomic E-state index is 0.0712. The van der Waals surface area contributed by atoms with E-state index in [9.17, 15) is 19.1 Å². The molecule has 1 aliphatic rings. The van der Waals surface area contributed by atoms with E-state index in [1.807, 2.05) is 31.2 Å². The minimum Gasteiger partial charge on any atom is -0.507 e. The number of aromatic nitrogens is 1. The summed E-state index contributed by atoms with van der Waals surface area (Å²) in [5.41, 5.74) is 2.56. The number of ketones is 1. The fraction of sp³-hybridized carbons (Fsp3) is 0.115. The van der Waals surface area contributed by atoms with Crippen LogP contribution in [0.25, 0.3) is 16.0 Å². The number of aryl methyl sites for hydroxylation is 1. The van der Waals surface area contributed by atoms with Crippen LogP contribution in [0.15, 0.2) is 72.3 Å². The van der Waals surface area contributed by atoms with E-state index >= 15 is 0 Å². The van der Waals surface area contributed by atoms with Crippen molar-refractivity contribution in [2.75, 3.05) is 4.90 Å². The Labute approximate surface area is 203 Å². The predicted octanol–water partition coefficient (Wildman–Crippen LogP) is 6.28. The van der Waals surface area contributed by atoms with Crippen molar-refractivity contribution in [2.24, 2.45) is 0 Å². The highest BCUT2D eigenvalue weighted by Crippen LogP contribution is 2.44. The Morgan fingerprint density at radius 1 is 1.09 bits per heavy atom. The molecule has 1 unspecified atom stereocenters. The summed E-state index contributed by atoms with van der Waals surface area (Å²) in [5.74, 6) is -2.46. The number of halogens is 2. The molecule has 34 heavy (non-hydrogen) atoms. The van der Waals surface area contributed by atoms with Gasteiger partial charge in [0.05, 0.1) is 21.8 Å². The summed E-state index contributed by atoms with van der Waals surface area (Å²) in [7, 11) is 0. The molecule has 0 saturated carbocycles. The maximum Gasteiger partial charge on any atom is 0.301 e. The monoisotopic (exact) mass is 492 g/mol. The number of hydrogen-bond acceptors (Lipinski definition) is 5. The Bertz CT molecular complexity index is 1460. The first-order valence-corrected chi connectivity index (χ1v) is 11.8. The molecule has 3 aromatic carbocycles. The van der Waals surface area contributed by atoms with E-state index in [0.29, 0.717) is 21.2 Å². The number of hydrogen-bond donors (Lipinski definition) is 1. The lowest BCUT2D eigenvalue weighted by Gasteiger charge is -2.23. The third-order valence-electron chi connectivity index (χ3n) is 5.81. The molecule has 0 aliphatic carbocycles. The van der Waals surface area contributed by atoms with Gasteiger partial charge in [0.1, 0.15) is 11.6 Å². The number of aliphatic hydroxyl groups is 1. The predicted molar refractivity (Wildman–Crippen MR) is 132 cm³/mol. The quantitative estimate of drug-likeness (QED) is 0.207. The third kappa shape index (κ3) is 3.77. The highest BCUT2D eigenvalue weighted by molar-refractivity contribution is 7.22. The van der Waals surface area contributed by atoms with Gasteiger partial charge in [0, 0.05) is 10.6 Å². The molecule has 1 saturated heterocycles. The number of thiazole rings is 1. The average molecular weight is 493 g/mol. The molecular weight excluding hydrogens is 475 g/mol. The summed E-state index contributed by atoms with van der Waals surface area (Å²) in [4.78, 5) is 32.4. The number of carbonyl (C=O) groups is 2. The molecule has 170 valence electrons. The van der Waals surface area contributed by atoms with Crippen molar-refractivity contribution in [2.45, 2.75) is 19.4 Å². The molecule has 1 atom stereocenters. The lowest BCUT2D eigenvalue weighted by molar-refractivity contribution is -0.132. The molecule has 1 fully saturated rings. The zero-order chi connectivity index (χ0) is 24.0. The van der Waals surface area contributed by atoms with Crippen LogP contribution < -0.4 is 4.90 Å². The second-order valence-electron chi connectivity index (χ2n) is 7.88. The largest absolute Gasteiger partial charge is 0.507 e. The Morgan fingerprint density at radius 2 is 1.79 bits per heavy atom. The highest BCUT2D eigenvalue weighted by Gasteiger charge is 2.48. The zero-order valence-electron chi connectivity index (χ0n) is 18.0. The summed E-state index contributed by atoms with van der Waals surface area (Å²) < 4.78 is 14.2. The topological polar surface area (TPSA) is 70.5 Å². The van der Waals surface area contributed by atoms with Crippen LogP contribution in [0, 0.1) is 5.82 Å². The highest BCUT2D eigenvalue weighted by atomic mass is 35.5. The number of amides is 1. The summed E-state index contributed by atoms with van der Waals surface area (Å²) in [6.07, 6.45) is 0.828. The maximum absolute atomic E-state index is 13.4. The van der Waals surface area contributed by atoms with Gasteiger partial charge in [0.15, 0.2) is 5.13 Å². The number of benzene rings is 3. The van der Waals surface area contributed by atoms with Crippen LogP contribution in [0.5, 0.6) is 0 Å². The summed E-state index contributed by atoms with van der Waals surface area (Å²) >= 11 is 7.35. The Balaban J connectivity index is 1.72. The van der Waals surface area contributed by atoms with Gasteiger partial charge in [-0.2, -0.15) is 0 Å². The van der Waals surface area contributed by atoms with Gasteiger partial charge in [-0.1, -0.05) is 54.1 Å². The molecule has 5 rings (SSSR count). The lowest BCUT2D eigenvalue weighted by Crippen LogP contribution is -2.29. The van der Waals surface area contributed by atoms with E-state index in [4.69, 9.17) is 11.6 Å². The van der Waals surface area contributed by atoms with Crippen molar-refractivity contribution in [1.82, 2.24) is 4.98 Å². The fourth-order valence-corrected chi connectivity index (χ4v) is 5.30. The molecule has 1 amide bonds. The molecule has 4 aromatic rings. The second-order valence-corrected chi connectivity index (χ2v) is 9.33. The van der Waals surface area contributed by atoms with Crippen LogP contribution in [0.4, 0.5) is 9.52 Å². The first kappa shape index (κ1) is 22.3. The first-order chi connectivity index (χ1) is 16.4. The average Bonchev–Trinajstić information content (AvgIpc) is 3.37. The van der Waals surface area contributed by atoms with Gasteiger partial charge in [-0.05, 0) is 60.0 Å². The molecular formula is C26H18ClFN2O3S. The second kappa shape index (κ2) is 8.66. The van der Waals surface area contributed by atoms with Crippen molar-refractivity contribution in [1.29, 1.82) is 0 Å². The lowest BCUT2D eigenvalue weighted by atomic mass is 9.94. The molecule has 5 nitrogen and oxygen atoms in total. The van der Waals surface area contributed by atoms with Gasteiger partial charge in [-0.15, -0.1) is 0 Å². The molecule has 0 bridgehead atoms. The van der Waals surface area contributed by atoms with Crippen LogP contribution in [0.3, 0.4) is 0 Å². The maximum atomic E-state index is 13.4. The number of anilines is 1. The number of aliphatic hydroxyl groups excluding tert-OH is 1. The van der Waals surface area contributed by atoms with E-state index in [-0.39, 0.29) is 16.9 Å². The number of carbonyl (C=O) groups excluding carboxylic acids is 2. The minimum atomic E-state index is -0.896. The van der Waals surface area contributed by atoms with Crippen molar-refractivity contribution in [3.63, 3.8) is 0 Å². The molecule has 1 N–H and O–H groups in total. The zero-order valence-corrected chi connectivity index (χ0v) is 19.5. The van der Waals surface area contributed by atoms with Crippen LogP contribution >= 0.6 is 22.9 Å². The van der Waals surface area contributed by atoms with Gasteiger partial charge in [-0.3, -0.25) is 14.5 Å². The molecule has 0 radical (unpaired) electrons. The van der Waals surface area contributed by atoms with Gasteiger partial charge in [0.25, 0.3) is 5.78 Å². The summed E-state index contributed by atoms with van der Waals surface area (Å²) in [6.45, 7) is 2.03. The number of fused-ring (bicyclic) bond motifs is 1. The first-order valence-electron chi connectivity index (χ1n) is 10.6. The van der Waals surface area contributed by atoms with Crippen LogP contribution in [0.2, 0.25) is 5.02 Å². The Hall–Kier alpha value is -3.55. The smallest absolute Gasteiger partial charge is 0.301 e. The van der Waals surface area contributed by atoms with Crippen LogP contribution in [-0.2, 0) is 16.0 Å². The molecule has 0 spiro atoms. The Kier molecular flexibility index (Phi) is 5.67. The van der Waals surface area contributed by atoms with E-state index in [1.165, 1.54) is 40.5 Å². The van der Waals surface area contributed by atoms with Gasteiger partial charge in [-0.25, -0.2) is 9.37 Å². The van der Waals surface area contributed by atoms with Gasteiger partial charge >= 0.3 is 5.91 Å². The van der Waals surface area contributed by atoms with E-state index < -0.39 is 23.5 Å². The van der Waals surface area contributed by atoms with Crippen molar-refractivity contribution < 1.29 is 19.1 Å². The van der Waals surface area contributed by atoms with E-state index in [1.54, 1.807) is 18.2 Å². The van der Waals surface area contributed by atoms with Gasteiger partial charge < -0.3 is 5.11 Å². The SMILES string of the molecule is CCc1ccc(C2C(=C(O)c3ccc(F)cc3)C(=O)C(=O)N2c2nc3ccc(Cl)cc3s2)cc1. The molecule has 2 heterocycles. The number of Topliss-reactive ketones (excluding diaryl/α,β-unsaturated/α-hetero) is 1. The summed E-state index contributed by atoms with van der Waals surface area (Å²) in [6, 6.07) is 16.9. The van der Waals surface area contributed by atoms with Crippen molar-refractivity contribution in [3.05, 3.63) is 99.8 Å². The Morgan fingerprint density at radius 3 is 2.47 bits per heavy atom. The summed E-state index contributed by atoms with van der Waals surface area (Å²) in [5, 5.41) is 12.0.